The fraction of sp³-hybridized carbons (Fsp3) is 0.0588. The lowest BCUT2D eigenvalue weighted by atomic mass is 10.2. The van der Waals surface area contributed by atoms with Crippen LogP contribution in [0.4, 0.5) is 0 Å². The number of aromatic nitrogens is 2. The first-order chi connectivity index (χ1) is 11.3. The summed E-state index contributed by atoms with van der Waals surface area (Å²) in [5.74, 6) is -0.203. The number of benzene rings is 1. The summed E-state index contributed by atoms with van der Waals surface area (Å²) in [5, 5.41) is 6.60. The Bertz CT molecular complexity index is 800. The molecule has 0 aliphatic heterocycles. The van der Waals surface area contributed by atoms with Gasteiger partial charge in [0, 0.05) is 17.1 Å². The van der Waals surface area contributed by atoms with Gasteiger partial charge in [-0.15, -0.1) is 11.3 Å². The number of nitrogens with zero attached hydrogens (tertiary/aromatic N) is 3. The molecule has 3 rings (SSSR count). The summed E-state index contributed by atoms with van der Waals surface area (Å²) in [7, 11) is 0. The van der Waals surface area contributed by atoms with E-state index in [1.165, 1.54) is 17.6 Å². The van der Waals surface area contributed by atoms with Gasteiger partial charge in [0.05, 0.1) is 24.0 Å². The average molecular weight is 322 g/mol. The van der Waals surface area contributed by atoms with Crippen LogP contribution in [0.1, 0.15) is 10.7 Å². The minimum atomic E-state index is -0.203. The number of amides is 1. The average Bonchev–Trinajstić information content (AvgIpc) is 3.05. The number of hydrogen-bond acceptors (Lipinski definition) is 5. The van der Waals surface area contributed by atoms with Gasteiger partial charge in [-0.3, -0.25) is 9.78 Å². The summed E-state index contributed by atoms with van der Waals surface area (Å²) in [4.78, 5) is 20.4. The molecule has 0 unspecified atom stereocenters. The fourth-order valence-corrected chi connectivity index (χ4v) is 2.74. The molecule has 0 aliphatic carbocycles. The smallest absolute Gasteiger partial charge is 0.246 e. The summed E-state index contributed by atoms with van der Waals surface area (Å²) >= 11 is 1.47. The number of hydrazone groups is 1. The maximum absolute atomic E-state index is 11.9. The first-order valence-electron chi connectivity index (χ1n) is 7.04. The van der Waals surface area contributed by atoms with Crippen molar-refractivity contribution in [1.29, 1.82) is 0 Å². The summed E-state index contributed by atoms with van der Waals surface area (Å²) in [6, 6.07) is 15.4. The van der Waals surface area contributed by atoms with Crippen LogP contribution in [0.5, 0.6) is 0 Å². The van der Waals surface area contributed by atoms with Crippen molar-refractivity contribution < 1.29 is 4.79 Å². The van der Waals surface area contributed by atoms with Crippen LogP contribution < -0.4 is 5.43 Å². The Hall–Kier alpha value is -2.86. The van der Waals surface area contributed by atoms with Crippen molar-refractivity contribution in [3.63, 3.8) is 0 Å². The van der Waals surface area contributed by atoms with Gasteiger partial charge in [-0.05, 0) is 12.1 Å². The molecular formula is C17H14N4OS. The highest BCUT2D eigenvalue weighted by Crippen LogP contribution is 2.21. The van der Waals surface area contributed by atoms with Crippen molar-refractivity contribution >= 4 is 23.5 Å². The van der Waals surface area contributed by atoms with E-state index >= 15 is 0 Å². The van der Waals surface area contributed by atoms with Gasteiger partial charge in [-0.1, -0.05) is 36.4 Å². The molecule has 1 amide bonds. The SMILES string of the molecule is O=C(Cc1nc(-c2ccccc2)cs1)N/N=C\c1ccccn1. The molecule has 0 saturated heterocycles. The van der Waals surface area contributed by atoms with Crippen molar-refractivity contribution in [3.8, 4) is 11.3 Å². The molecule has 0 aliphatic rings. The summed E-state index contributed by atoms with van der Waals surface area (Å²) in [6.07, 6.45) is 3.38. The highest BCUT2D eigenvalue weighted by Gasteiger charge is 2.08. The highest BCUT2D eigenvalue weighted by atomic mass is 32.1. The number of carbonyl (C=O) groups excluding carboxylic acids is 1. The summed E-state index contributed by atoms with van der Waals surface area (Å²) < 4.78 is 0. The van der Waals surface area contributed by atoms with E-state index in [4.69, 9.17) is 0 Å². The van der Waals surface area contributed by atoms with E-state index < -0.39 is 0 Å². The number of pyridine rings is 1. The summed E-state index contributed by atoms with van der Waals surface area (Å²) in [6.45, 7) is 0. The third kappa shape index (κ3) is 4.31. The molecule has 0 fully saturated rings. The highest BCUT2D eigenvalue weighted by molar-refractivity contribution is 7.10. The molecule has 23 heavy (non-hydrogen) atoms. The lowest BCUT2D eigenvalue weighted by molar-refractivity contribution is -0.120. The molecule has 0 atom stereocenters. The number of carbonyl (C=O) groups is 1. The second-order valence-corrected chi connectivity index (χ2v) is 5.66. The van der Waals surface area contributed by atoms with Crippen LogP contribution in [0.3, 0.4) is 0 Å². The fourth-order valence-electron chi connectivity index (χ4n) is 1.93. The minimum absolute atomic E-state index is 0.203. The summed E-state index contributed by atoms with van der Waals surface area (Å²) in [5.41, 5.74) is 5.10. The van der Waals surface area contributed by atoms with Gasteiger partial charge in [-0.25, -0.2) is 10.4 Å². The van der Waals surface area contributed by atoms with Gasteiger partial charge in [0.2, 0.25) is 5.91 Å². The number of thiazole rings is 1. The Morgan fingerprint density at radius 1 is 1.17 bits per heavy atom. The van der Waals surface area contributed by atoms with E-state index in [0.29, 0.717) is 5.69 Å². The topological polar surface area (TPSA) is 67.2 Å². The van der Waals surface area contributed by atoms with Crippen molar-refractivity contribution in [1.82, 2.24) is 15.4 Å². The van der Waals surface area contributed by atoms with E-state index in [2.05, 4.69) is 20.5 Å². The van der Waals surface area contributed by atoms with Gasteiger partial charge >= 0.3 is 0 Å². The van der Waals surface area contributed by atoms with Gasteiger partial charge in [0.15, 0.2) is 0 Å². The zero-order valence-corrected chi connectivity index (χ0v) is 13.0. The molecule has 2 aromatic heterocycles. The Morgan fingerprint density at radius 2 is 2.00 bits per heavy atom. The van der Waals surface area contributed by atoms with E-state index in [1.54, 1.807) is 6.20 Å². The van der Waals surface area contributed by atoms with Crippen LogP contribution in [0.25, 0.3) is 11.3 Å². The monoisotopic (exact) mass is 322 g/mol. The largest absolute Gasteiger partial charge is 0.273 e. The number of nitrogens with one attached hydrogen (secondary N) is 1. The van der Waals surface area contributed by atoms with Crippen molar-refractivity contribution in [3.05, 3.63) is 70.8 Å². The van der Waals surface area contributed by atoms with Gasteiger partial charge in [-0.2, -0.15) is 5.10 Å². The number of rotatable bonds is 5. The van der Waals surface area contributed by atoms with E-state index in [1.807, 2.05) is 53.9 Å². The molecule has 0 spiro atoms. The maximum Gasteiger partial charge on any atom is 0.246 e. The zero-order chi connectivity index (χ0) is 15.9. The molecular weight excluding hydrogens is 308 g/mol. The van der Waals surface area contributed by atoms with Crippen molar-refractivity contribution in [2.24, 2.45) is 5.10 Å². The van der Waals surface area contributed by atoms with E-state index in [9.17, 15) is 4.79 Å². The normalized spacial score (nSPS) is 10.8. The van der Waals surface area contributed by atoms with Gasteiger partial charge < -0.3 is 0 Å². The Morgan fingerprint density at radius 3 is 2.78 bits per heavy atom. The molecule has 6 heteroatoms. The quantitative estimate of drug-likeness (QED) is 0.580. The van der Waals surface area contributed by atoms with Crippen LogP contribution in [-0.4, -0.2) is 22.1 Å². The van der Waals surface area contributed by atoms with E-state index in [-0.39, 0.29) is 12.3 Å². The molecule has 114 valence electrons. The van der Waals surface area contributed by atoms with Gasteiger partial charge in [0.25, 0.3) is 0 Å². The molecule has 0 bridgehead atoms. The molecule has 0 radical (unpaired) electrons. The first-order valence-corrected chi connectivity index (χ1v) is 7.92. The Balaban J connectivity index is 1.56. The first kappa shape index (κ1) is 15.1. The Kier molecular flexibility index (Phi) is 4.85. The van der Waals surface area contributed by atoms with Crippen LogP contribution in [0.15, 0.2) is 65.2 Å². The Labute approximate surface area is 137 Å². The van der Waals surface area contributed by atoms with Gasteiger partial charge in [0.1, 0.15) is 5.01 Å². The standard InChI is InChI=1S/C17H14N4OS/c22-16(21-19-11-14-8-4-5-9-18-14)10-17-20-15(12-23-17)13-6-2-1-3-7-13/h1-9,11-12H,10H2,(H,21,22)/b19-11-. The molecule has 5 nitrogen and oxygen atoms in total. The molecule has 0 saturated carbocycles. The minimum Gasteiger partial charge on any atom is -0.273 e. The van der Waals surface area contributed by atoms with Crippen LogP contribution in [0, 0.1) is 0 Å². The van der Waals surface area contributed by atoms with Crippen molar-refractivity contribution in [2.75, 3.05) is 0 Å². The lowest BCUT2D eigenvalue weighted by Crippen LogP contribution is -2.19. The second kappa shape index (κ2) is 7.42. The third-order valence-corrected chi connectivity index (χ3v) is 3.86. The second-order valence-electron chi connectivity index (χ2n) is 4.72. The van der Waals surface area contributed by atoms with Crippen molar-refractivity contribution in [2.45, 2.75) is 6.42 Å². The predicted molar refractivity (Wildman–Crippen MR) is 91.2 cm³/mol. The molecule has 1 N–H and O–H groups in total. The van der Waals surface area contributed by atoms with Crippen LogP contribution in [-0.2, 0) is 11.2 Å². The third-order valence-electron chi connectivity index (χ3n) is 3.01. The predicted octanol–water partition coefficient (Wildman–Crippen LogP) is 2.90. The van der Waals surface area contributed by atoms with Crippen LogP contribution >= 0.6 is 11.3 Å². The van der Waals surface area contributed by atoms with Crippen LogP contribution in [0.2, 0.25) is 0 Å². The maximum atomic E-state index is 11.9. The molecule has 2 heterocycles. The number of hydrogen-bond donors (Lipinski definition) is 1. The van der Waals surface area contributed by atoms with E-state index in [0.717, 1.165) is 16.3 Å². The molecule has 1 aromatic carbocycles. The zero-order valence-electron chi connectivity index (χ0n) is 12.2. The molecule has 3 aromatic rings. The lowest BCUT2D eigenvalue weighted by Gasteiger charge is -1.97.